The van der Waals surface area contributed by atoms with Crippen molar-refractivity contribution in [3.63, 3.8) is 0 Å². The van der Waals surface area contributed by atoms with Gasteiger partial charge in [-0.15, -0.1) is 0 Å². The summed E-state index contributed by atoms with van der Waals surface area (Å²) in [7, 11) is 1.60. The molecule has 2 N–H and O–H groups in total. The van der Waals surface area contributed by atoms with Crippen LogP contribution in [0, 0.1) is 0 Å². The minimum absolute atomic E-state index is 0.00620. The van der Waals surface area contributed by atoms with E-state index in [2.05, 4.69) is 10.6 Å². The van der Waals surface area contributed by atoms with Gasteiger partial charge in [0.05, 0.1) is 18.3 Å². The van der Waals surface area contributed by atoms with Gasteiger partial charge in [0.1, 0.15) is 5.75 Å². The zero-order chi connectivity index (χ0) is 13.0. The van der Waals surface area contributed by atoms with Crippen molar-refractivity contribution in [1.82, 2.24) is 5.32 Å². The Balaban J connectivity index is 2.10. The molecule has 0 aliphatic carbocycles. The summed E-state index contributed by atoms with van der Waals surface area (Å²) in [6.07, 6.45) is 3.09. The Morgan fingerprint density at radius 2 is 2.17 bits per heavy atom. The average molecular weight is 248 g/mol. The molecule has 1 aromatic carbocycles. The van der Waals surface area contributed by atoms with Crippen molar-refractivity contribution >= 4 is 11.6 Å². The smallest absolute Gasteiger partial charge is 0.244 e. The maximum absolute atomic E-state index is 12.3. The number of hydrogen-bond donors (Lipinski definition) is 2. The molecule has 1 unspecified atom stereocenters. The molecule has 4 heteroatoms. The zero-order valence-electron chi connectivity index (χ0n) is 11.0. The fraction of sp³-hybridized carbons (Fsp3) is 0.500. The number of benzene rings is 1. The monoisotopic (exact) mass is 248 g/mol. The second-order valence-electron chi connectivity index (χ2n) is 4.87. The quantitative estimate of drug-likeness (QED) is 0.862. The number of carbonyl (C=O) groups excluding carboxylic acids is 1. The molecule has 2 rings (SSSR count). The molecule has 0 bridgehead atoms. The Labute approximate surface area is 108 Å². The normalized spacial score (nSPS) is 23.4. The second-order valence-corrected chi connectivity index (χ2v) is 4.87. The van der Waals surface area contributed by atoms with E-state index in [9.17, 15) is 4.79 Å². The lowest BCUT2D eigenvalue weighted by Crippen LogP contribution is -2.54. The highest BCUT2D eigenvalue weighted by Gasteiger charge is 2.34. The van der Waals surface area contributed by atoms with E-state index in [1.807, 2.05) is 31.2 Å². The van der Waals surface area contributed by atoms with Gasteiger partial charge < -0.3 is 15.4 Å². The molecule has 98 valence electrons. The number of ether oxygens (including phenoxy) is 1. The van der Waals surface area contributed by atoms with Gasteiger partial charge in [-0.1, -0.05) is 12.1 Å². The van der Waals surface area contributed by atoms with Gasteiger partial charge in [0.15, 0.2) is 0 Å². The van der Waals surface area contributed by atoms with Crippen molar-refractivity contribution in [2.24, 2.45) is 0 Å². The molecule has 18 heavy (non-hydrogen) atoms. The fourth-order valence-corrected chi connectivity index (χ4v) is 2.26. The Morgan fingerprint density at radius 3 is 2.83 bits per heavy atom. The molecule has 1 aliphatic heterocycles. The van der Waals surface area contributed by atoms with Gasteiger partial charge >= 0.3 is 0 Å². The lowest BCUT2D eigenvalue weighted by molar-refractivity contribution is -0.122. The summed E-state index contributed by atoms with van der Waals surface area (Å²) in [5.74, 6) is 0.692. The van der Waals surface area contributed by atoms with E-state index < -0.39 is 5.54 Å². The summed E-state index contributed by atoms with van der Waals surface area (Å²) in [5.41, 5.74) is 0.248. The summed E-state index contributed by atoms with van der Waals surface area (Å²) in [6, 6.07) is 7.46. The SMILES string of the molecule is COc1ccccc1NC(=O)C1(C)CCCCN1. The second kappa shape index (κ2) is 5.40. The number of nitrogens with one attached hydrogen (secondary N) is 2. The summed E-state index contributed by atoms with van der Waals surface area (Å²) in [4.78, 5) is 12.3. The van der Waals surface area contributed by atoms with Gasteiger partial charge in [-0.05, 0) is 44.9 Å². The molecule has 4 nitrogen and oxygen atoms in total. The third kappa shape index (κ3) is 2.64. The largest absolute Gasteiger partial charge is 0.495 e. The van der Waals surface area contributed by atoms with Crippen LogP contribution in [0.25, 0.3) is 0 Å². The minimum atomic E-state index is -0.473. The molecular formula is C14H20N2O2. The molecule has 1 atom stereocenters. The standard InChI is InChI=1S/C14H20N2O2/c1-14(9-5-6-10-15-14)13(17)16-11-7-3-4-8-12(11)18-2/h3-4,7-8,15H,5-6,9-10H2,1-2H3,(H,16,17). The number of anilines is 1. The Bertz CT molecular complexity index is 426. The first-order valence-corrected chi connectivity index (χ1v) is 6.35. The van der Waals surface area contributed by atoms with Crippen molar-refractivity contribution in [2.75, 3.05) is 19.0 Å². The highest BCUT2D eigenvalue weighted by Crippen LogP contribution is 2.26. The third-order valence-corrected chi connectivity index (χ3v) is 3.48. The molecule has 1 fully saturated rings. The van der Waals surface area contributed by atoms with Crippen LogP contribution in [-0.2, 0) is 4.79 Å². The summed E-state index contributed by atoms with van der Waals surface area (Å²) < 4.78 is 5.23. The van der Waals surface area contributed by atoms with Gasteiger partial charge in [-0.3, -0.25) is 4.79 Å². The predicted octanol–water partition coefficient (Wildman–Crippen LogP) is 2.17. The topological polar surface area (TPSA) is 50.4 Å². The van der Waals surface area contributed by atoms with Gasteiger partial charge in [-0.25, -0.2) is 0 Å². The summed E-state index contributed by atoms with van der Waals surface area (Å²) >= 11 is 0. The third-order valence-electron chi connectivity index (χ3n) is 3.48. The first-order chi connectivity index (χ1) is 8.65. The van der Waals surface area contributed by atoms with Crippen LogP contribution in [-0.4, -0.2) is 25.1 Å². The van der Waals surface area contributed by atoms with Crippen LogP contribution < -0.4 is 15.4 Å². The van der Waals surface area contributed by atoms with Crippen LogP contribution in [0.2, 0.25) is 0 Å². The van der Waals surface area contributed by atoms with Crippen LogP contribution >= 0.6 is 0 Å². The lowest BCUT2D eigenvalue weighted by atomic mass is 9.90. The molecule has 1 heterocycles. The van der Waals surface area contributed by atoms with Crippen molar-refractivity contribution in [3.8, 4) is 5.75 Å². The van der Waals surface area contributed by atoms with Gasteiger partial charge in [0.2, 0.25) is 5.91 Å². The van der Waals surface area contributed by atoms with E-state index in [1.165, 1.54) is 0 Å². The Hall–Kier alpha value is -1.55. The van der Waals surface area contributed by atoms with Crippen LogP contribution in [0.4, 0.5) is 5.69 Å². The molecule has 1 aliphatic rings. The van der Waals surface area contributed by atoms with Crippen molar-refractivity contribution < 1.29 is 9.53 Å². The molecule has 1 amide bonds. The fourth-order valence-electron chi connectivity index (χ4n) is 2.26. The van der Waals surface area contributed by atoms with E-state index >= 15 is 0 Å². The van der Waals surface area contributed by atoms with Crippen molar-refractivity contribution in [2.45, 2.75) is 31.7 Å². The number of rotatable bonds is 3. The first-order valence-electron chi connectivity index (χ1n) is 6.35. The number of carbonyl (C=O) groups is 1. The molecule has 0 spiro atoms. The lowest BCUT2D eigenvalue weighted by Gasteiger charge is -2.33. The highest BCUT2D eigenvalue weighted by atomic mass is 16.5. The predicted molar refractivity (Wildman–Crippen MR) is 71.9 cm³/mol. The van der Waals surface area contributed by atoms with Crippen LogP contribution in [0.1, 0.15) is 26.2 Å². The van der Waals surface area contributed by atoms with Crippen LogP contribution in [0.5, 0.6) is 5.75 Å². The van der Waals surface area contributed by atoms with Crippen molar-refractivity contribution in [1.29, 1.82) is 0 Å². The van der Waals surface area contributed by atoms with Crippen molar-refractivity contribution in [3.05, 3.63) is 24.3 Å². The first kappa shape index (κ1) is 12.9. The summed E-state index contributed by atoms with van der Waals surface area (Å²) in [5, 5.41) is 6.25. The number of para-hydroxylation sites is 2. The van der Waals surface area contributed by atoms with E-state index in [4.69, 9.17) is 4.74 Å². The number of hydrogen-bond acceptors (Lipinski definition) is 3. The Kier molecular flexibility index (Phi) is 3.87. The van der Waals surface area contributed by atoms with Gasteiger partial charge in [-0.2, -0.15) is 0 Å². The molecule has 0 radical (unpaired) electrons. The van der Waals surface area contributed by atoms with Crippen LogP contribution in [0.3, 0.4) is 0 Å². The number of amides is 1. The van der Waals surface area contributed by atoms with Gasteiger partial charge in [0, 0.05) is 0 Å². The van der Waals surface area contributed by atoms with E-state index in [0.29, 0.717) is 5.75 Å². The maximum atomic E-state index is 12.3. The molecule has 1 aromatic rings. The molecular weight excluding hydrogens is 228 g/mol. The Morgan fingerprint density at radius 1 is 1.39 bits per heavy atom. The number of methoxy groups -OCH3 is 1. The molecule has 1 saturated heterocycles. The van der Waals surface area contributed by atoms with E-state index in [1.54, 1.807) is 7.11 Å². The molecule has 0 aromatic heterocycles. The zero-order valence-corrected chi connectivity index (χ0v) is 11.0. The maximum Gasteiger partial charge on any atom is 0.244 e. The van der Waals surface area contributed by atoms with Crippen LogP contribution in [0.15, 0.2) is 24.3 Å². The average Bonchev–Trinajstić information content (AvgIpc) is 2.40. The minimum Gasteiger partial charge on any atom is -0.495 e. The molecule has 0 saturated carbocycles. The van der Waals surface area contributed by atoms with E-state index in [-0.39, 0.29) is 5.91 Å². The number of piperidine rings is 1. The van der Waals surface area contributed by atoms with E-state index in [0.717, 1.165) is 31.5 Å². The summed E-state index contributed by atoms with van der Waals surface area (Å²) in [6.45, 7) is 2.85. The highest BCUT2D eigenvalue weighted by molar-refractivity contribution is 5.98. The van der Waals surface area contributed by atoms with Gasteiger partial charge in [0.25, 0.3) is 0 Å².